The van der Waals surface area contributed by atoms with Crippen molar-refractivity contribution in [1.29, 1.82) is 0 Å². The average molecular weight is 405 g/mol. The predicted molar refractivity (Wildman–Crippen MR) is 109 cm³/mol. The minimum absolute atomic E-state index is 0.0148. The summed E-state index contributed by atoms with van der Waals surface area (Å²) in [5.74, 6) is 1.04. The summed E-state index contributed by atoms with van der Waals surface area (Å²) in [5.41, 5.74) is 0.547. The summed E-state index contributed by atoms with van der Waals surface area (Å²) in [4.78, 5) is 29.4. The summed E-state index contributed by atoms with van der Waals surface area (Å²) in [6.45, 7) is 6.28. The lowest BCUT2D eigenvalue weighted by molar-refractivity contribution is -0.00522. The smallest absolute Gasteiger partial charge is 0.318 e. The third kappa shape index (κ3) is 4.75. The Labute approximate surface area is 172 Å². The molecule has 1 aromatic rings. The molecule has 3 amide bonds. The van der Waals surface area contributed by atoms with E-state index in [1.54, 1.807) is 37.3 Å². The number of nitrogens with zero attached hydrogens (tertiary/aromatic N) is 2. The van der Waals surface area contributed by atoms with Crippen molar-refractivity contribution in [2.45, 2.75) is 44.8 Å². The maximum Gasteiger partial charge on any atom is 0.318 e. The molecule has 0 saturated carbocycles. The molecule has 0 bridgehead atoms. The third-order valence-corrected chi connectivity index (χ3v) is 5.40. The largest absolute Gasteiger partial charge is 0.493 e. The second-order valence-corrected chi connectivity index (χ2v) is 7.79. The van der Waals surface area contributed by atoms with Gasteiger partial charge in [-0.3, -0.25) is 4.79 Å². The van der Waals surface area contributed by atoms with Gasteiger partial charge in [0.1, 0.15) is 0 Å². The van der Waals surface area contributed by atoms with Gasteiger partial charge in [-0.1, -0.05) is 0 Å². The third-order valence-electron chi connectivity index (χ3n) is 5.40. The zero-order valence-corrected chi connectivity index (χ0v) is 17.6. The molecule has 2 saturated heterocycles. The SMILES string of the molecule is COc1ccc(C(=O)N2CC(N(C(=O)NC(C)C)C3CCOCC3)C2)cc1OC. The number of methoxy groups -OCH3 is 2. The summed E-state index contributed by atoms with van der Waals surface area (Å²) in [6, 6.07) is 5.32. The molecule has 0 unspecified atom stereocenters. The molecule has 2 aliphatic rings. The molecule has 29 heavy (non-hydrogen) atoms. The fourth-order valence-electron chi connectivity index (χ4n) is 3.86. The van der Waals surface area contributed by atoms with Crippen molar-refractivity contribution < 1.29 is 23.8 Å². The number of rotatable bonds is 6. The van der Waals surface area contributed by atoms with Crippen molar-refractivity contribution >= 4 is 11.9 Å². The van der Waals surface area contributed by atoms with Gasteiger partial charge in [-0.2, -0.15) is 0 Å². The van der Waals surface area contributed by atoms with Crippen LogP contribution in [0.1, 0.15) is 37.0 Å². The number of nitrogens with one attached hydrogen (secondary N) is 1. The molecule has 1 aromatic carbocycles. The van der Waals surface area contributed by atoms with Crippen LogP contribution >= 0.6 is 0 Å². The van der Waals surface area contributed by atoms with Crippen LogP contribution in [0.5, 0.6) is 11.5 Å². The van der Waals surface area contributed by atoms with E-state index < -0.39 is 0 Å². The Morgan fingerprint density at radius 2 is 1.76 bits per heavy atom. The molecule has 0 aliphatic carbocycles. The molecular weight excluding hydrogens is 374 g/mol. The van der Waals surface area contributed by atoms with Gasteiger partial charge in [-0.05, 0) is 44.9 Å². The van der Waals surface area contributed by atoms with Crippen molar-refractivity contribution in [1.82, 2.24) is 15.1 Å². The molecule has 2 aliphatic heterocycles. The minimum atomic E-state index is -0.0709. The first kappa shape index (κ1) is 21.2. The summed E-state index contributed by atoms with van der Waals surface area (Å²) in [5, 5.41) is 3.01. The van der Waals surface area contributed by atoms with Crippen LogP contribution in [0.15, 0.2) is 18.2 Å². The first-order chi connectivity index (χ1) is 13.9. The molecule has 0 atom stereocenters. The molecule has 8 nitrogen and oxygen atoms in total. The van der Waals surface area contributed by atoms with Crippen molar-refractivity contribution in [3.8, 4) is 11.5 Å². The van der Waals surface area contributed by atoms with Crippen LogP contribution in [0.25, 0.3) is 0 Å². The highest BCUT2D eigenvalue weighted by molar-refractivity contribution is 5.95. The molecule has 1 N–H and O–H groups in total. The fraction of sp³-hybridized carbons (Fsp3) is 0.619. The molecule has 2 fully saturated rings. The first-order valence-electron chi connectivity index (χ1n) is 10.1. The monoisotopic (exact) mass is 405 g/mol. The van der Waals surface area contributed by atoms with E-state index in [-0.39, 0.29) is 30.1 Å². The minimum Gasteiger partial charge on any atom is -0.493 e. The van der Waals surface area contributed by atoms with Crippen molar-refractivity contribution in [3.05, 3.63) is 23.8 Å². The summed E-state index contributed by atoms with van der Waals surface area (Å²) < 4.78 is 16.0. The van der Waals surface area contributed by atoms with E-state index in [1.165, 1.54) is 0 Å². The van der Waals surface area contributed by atoms with Gasteiger partial charge in [0.25, 0.3) is 5.91 Å². The van der Waals surface area contributed by atoms with Crippen LogP contribution < -0.4 is 14.8 Å². The normalized spacial score (nSPS) is 17.6. The lowest BCUT2D eigenvalue weighted by atomic mass is 9.99. The van der Waals surface area contributed by atoms with Gasteiger partial charge in [0.05, 0.1) is 20.3 Å². The van der Waals surface area contributed by atoms with E-state index >= 15 is 0 Å². The number of hydrogen-bond donors (Lipinski definition) is 1. The highest BCUT2D eigenvalue weighted by atomic mass is 16.5. The number of ether oxygens (including phenoxy) is 3. The van der Waals surface area contributed by atoms with Gasteiger partial charge < -0.3 is 29.3 Å². The summed E-state index contributed by atoms with van der Waals surface area (Å²) in [7, 11) is 3.11. The number of carbonyl (C=O) groups excluding carboxylic acids is 2. The first-order valence-corrected chi connectivity index (χ1v) is 10.1. The average Bonchev–Trinajstić information content (AvgIpc) is 2.69. The number of amides is 3. The van der Waals surface area contributed by atoms with E-state index in [0.717, 1.165) is 12.8 Å². The van der Waals surface area contributed by atoms with Gasteiger partial charge in [0, 0.05) is 44.0 Å². The van der Waals surface area contributed by atoms with Crippen LogP contribution in [0.4, 0.5) is 4.79 Å². The Bertz CT molecular complexity index is 727. The Kier molecular flexibility index (Phi) is 6.84. The van der Waals surface area contributed by atoms with Crippen molar-refractivity contribution in [3.63, 3.8) is 0 Å². The van der Waals surface area contributed by atoms with E-state index in [0.29, 0.717) is 43.4 Å². The Morgan fingerprint density at radius 1 is 1.10 bits per heavy atom. The highest BCUT2D eigenvalue weighted by Crippen LogP contribution is 2.30. The van der Waals surface area contributed by atoms with E-state index in [2.05, 4.69) is 5.32 Å². The summed E-state index contributed by atoms with van der Waals surface area (Å²) >= 11 is 0. The standard InChI is InChI=1S/C21H31N3O5/c1-14(2)22-21(26)24(16-7-9-29-10-8-16)17-12-23(13-17)20(25)15-5-6-18(27-3)19(11-15)28-4/h5-6,11,14,16-17H,7-10,12-13H2,1-4H3,(H,22,26). The van der Waals surface area contributed by atoms with Crippen LogP contribution in [0.3, 0.4) is 0 Å². The van der Waals surface area contributed by atoms with Crippen molar-refractivity contribution in [2.75, 3.05) is 40.5 Å². The number of likely N-dealkylation sites (tertiary alicyclic amines) is 1. The van der Waals surface area contributed by atoms with Crippen LogP contribution in [0.2, 0.25) is 0 Å². The lowest BCUT2D eigenvalue weighted by Crippen LogP contribution is -2.66. The molecule has 2 heterocycles. The Hall–Kier alpha value is -2.48. The van der Waals surface area contributed by atoms with E-state index in [1.807, 2.05) is 18.7 Å². The molecule has 0 aromatic heterocycles. The number of urea groups is 1. The second kappa shape index (κ2) is 9.35. The predicted octanol–water partition coefficient (Wildman–Crippen LogP) is 2.13. The molecule has 8 heteroatoms. The van der Waals surface area contributed by atoms with E-state index in [4.69, 9.17) is 14.2 Å². The zero-order valence-electron chi connectivity index (χ0n) is 17.6. The molecule has 160 valence electrons. The van der Waals surface area contributed by atoms with Crippen LogP contribution in [-0.2, 0) is 4.74 Å². The quantitative estimate of drug-likeness (QED) is 0.784. The fourth-order valence-corrected chi connectivity index (χ4v) is 3.86. The van der Waals surface area contributed by atoms with Gasteiger partial charge in [0.15, 0.2) is 11.5 Å². The Morgan fingerprint density at radius 3 is 2.34 bits per heavy atom. The van der Waals surface area contributed by atoms with Crippen LogP contribution in [-0.4, -0.2) is 80.4 Å². The van der Waals surface area contributed by atoms with Crippen LogP contribution in [0, 0.1) is 0 Å². The topological polar surface area (TPSA) is 80.3 Å². The number of benzene rings is 1. The highest BCUT2D eigenvalue weighted by Gasteiger charge is 2.41. The molecule has 3 rings (SSSR count). The second-order valence-electron chi connectivity index (χ2n) is 7.79. The van der Waals surface area contributed by atoms with Gasteiger partial charge in [0.2, 0.25) is 0 Å². The zero-order chi connectivity index (χ0) is 21.0. The van der Waals surface area contributed by atoms with Gasteiger partial charge in [-0.15, -0.1) is 0 Å². The van der Waals surface area contributed by atoms with Gasteiger partial charge in [-0.25, -0.2) is 4.79 Å². The number of hydrogen-bond acceptors (Lipinski definition) is 5. The van der Waals surface area contributed by atoms with Gasteiger partial charge >= 0.3 is 6.03 Å². The molecular formula is C21H31N3O5. The lowest BCUT2D eigenvalue weighted by Gasteiger charge is -2.49. The van der Waals surface area contributed by atoms with Crippen molar-refractivity contribution in [2.24, 2.45) is 0 Å². The molecule has 0 radical (unpaired) electrons. The molecule has 0 spiro atoms. The Balaban J connectivity index is 1.67. The summed E-state index contributed by atoms with van der Waals surface area (Å²) in [6.07, 6.45) is 1.65. The van der Waals surface area contributed by atoms with E-state index in [9.17, 15) is 9.59 Å². The number of carbonyl (C=O) groups is 2. The maximum atomic E-state index is 12.9. The maximum absolute atomic E-state index is 12.9.